The van der Waals surface area contributed by atoms with Gasteiger partial charge in [-0.3, -0.25) is 13.9 Å². The fourth-order valence-corrected chi connectivity index (χ4v) is 3.08. The predicted octanol–water partition coefficient (Wildman–Crippen LogP) is -0.178. The van der Waals surface area contributed by atoms with E-state index in [1.54, 1.807) is 0 Å². The minimum absolute atomic E-state index is 0.0723. The summed E-state index contributed by atoms with van der Waals surface area (Å²) in [6, 6.07) is 0. The number of cyclic esters (lactones) is 1. The zero-order valence-corrected chi connectivity index (χ0v) is 13.5. The van der Waals surface area contributed by atoms with Crippen LogP contribution in [0.1, 0.15) is 0 Å². The fraction of sp³-hybridized carbons (Fsp3) is 0.455. The third kappa shape index (κ3) is 3.71. The average Bonchev–Trinajstić information content (AvgIpc) is 2.85. The standard InChI is InChI=1S/C11H12N4O6S2/c1-23(18,19)20-4-6-3-15(11(17)21-6)7-2-12-10-9(13-7)14-8(16)5-22-10/h2,6H,3-5H2,1H3,(H,13,14,16). The zero-order valence-electron chi connectivity index (χ0n) is 11.9. The van der Waals surface area contributed by atoms with Crippen molar-refractivity contribution >= 4 is 45.5 Å². The molecule has 3 heterocycles. The Kier molecular flexibility index (Phi) is 4.12. The minimum atomic E-state index is -3.62. The Labute approximate surface area is 135 Å². The SMILES string of the molecule is CS(=O)(=O)OCC1CN(c2cnc3c(n2)NC(=O)CS3)C(=O)O1. The van der Waals surface area contributed by atoms with Crippen molar-refractivity contribution in [3.63, 3.8) is 0 Å². The smallest absolute Gasteiger partial charge is 0.416 e. The Morgan fingerprint density at radius 3 is 3.04 bits per heavy atom. The molecule has 1 saturated heterocycles. The number of hydrogen-bond acceptors (Lipinski definition) is 9. The first-order chi connectivity index (χ1) is 10.8. The summed E-state index contributed by atoms with van der Waals surface area (Å²) in [6.45, 7) is -0.199. The van der Waals surface area contributed by atoms with Gasteiger partial charge in [-0.15, -0.1) is 0 Å². The maximum Gasteiger partial charge on any atom is 0.416 e. The molecule has 1 unspecified atom stereocenters. The van der Waals surface area contributed by atoms with E-state index in [0.29, 0.717) is 5.03 Å². The molecule has 0 radical (unpaired) electrons. The van der Waals surface area contributed by atoms with Crippen LogP contribution in [0.3, 0.4) is 0 Å². The number of fused-ring (bicyclic) bond motifs is 1. The van der Waals surface area contributed by atoms with Gasteiger partial charge in [0.2, 0.25) is 5.91 Å². The molecule has 1 aromatic rings. The lowest BCUT2D eigenvalue weighted by atomic mass is 10.4. The number of anilines is 2. The number of rotatable bonds is 4. The van der Waals surface area contributed by atoms with Crippen molar-refractivity contribution in [2.75, 3.05) is 35.4 Å². The Balaban J connectivity index is 1.73. The molecule has 0 spiro atoms. The number of carbonyl (C=O) groups excluding carboxylic acids is 2. The van der Waals surface area contributed by atoms with Crippen molar-refractivity contribution in [2.24, 2.45) is 0 Å². The van der Waals surface area contributed by atoms with Gasteiger partial charge in [-0.2, -0.15) is 8.42 Å². The summed E-state index contributed by atoms with van der Waals surface area (Å²) in [4.78, 5) is 32.8. The van der Waals surface area contributed by atoms with Crippen LogP contribution in [0.2, 0.25) is 0 Å². The molecule has 1 aromatic heterocycles. The molecule has 12 heteroatoms. The average molecular weight is 360 g/mol. The monoisotopic (exact) mass is 360 g/mol. The Bertz CT molecular complexity index is 768. The molecule has 2 aliphatic rings. The third-order valence-electron chi connectivity index (χ3n) is 2.94. The highest BCUT2D eigenvalue weighted by atomic mass is 32.2. The summed E-state index contributed by atoms with van der Waals surface area (Å²) < 4.78 is 31.6. The molecule has 0 aliphatic carbocycles. The zero-order chi connectivity index (χ0) is 16.6. The molecular weight excluding hydrogens is 348 g/mol. The first kappa shape index (κ1) is 16.0. The van der Waals surface area contributed by atoms with E-state index in [0.717, 1.165) is 6.26 Å². The second kappa shape index (κ2) is 5.94. The van der Waals surface area contributed by atoms with Gasteiger partial charge < -0.3 is 10.1 Å². The molecule has 0 aromatic carbocycles. The lowest BCUT2D eigenvalue weighted by Gasteiger charge is -2.17. The second-order valence-electron chi connectivity index (χ2n) is 4.82. The number of nitrogens with zero attached hydrogens (tertiary/aromatic N) is 3. The van der Waals surface area contributed by atoms with E-state index in [4.69, 9.17) is 4.74 Å². The van der Waals surface area contributed by atoms with Crippen LogP contribution in [0, 0.1) is 0 Å². The van der Waals surface area contributed by atoms with Gasteiger partial charge in [0.1, 0.15) is 17.7 Å². The lowest BCUT2D eigenvalue weighted by molar-refractivity contribution is -0.113. The second-order valence-corrected chi connectivity index (χ2v) is 7.43. The first-order valence-corrected chi connectivity index (χ1v) is 9.24. The van der Waals surface area contributed by atoms with Crippen LogP contribution < -0.4 is 10.2 Å². The maximum absolute atomic E-state index is 11.9. The maximum atomic E-state index is 11.9. The number of thioether (sulfide) groups is 1. The molecule has 124 valence electrons. The summed E-state index contributed by atoms with van der Waals surface area (Å²) in [6.07, 6.45) is 0.886. The van der Waals surface area contributed by atoms with Gasteiger partial charge in [0.25, 0.3) is 10.1 Å². The highest BCUT2D eigenvalue weighted by molar-refractivity contribution is 8.00. The largest absolute Gasteiger partial charge is 0.441 e. The molecule has 1 N–H and O–H groups in total. The summed E-state index contributed by atoms with van der Waals surface area (Å²) >= 11 is 1.25. The molecule has 1 atom stereocenters. The van der Waals surface area contributed by atoms with Crippen LogP contribution >= 0.6 is 11.8 Å². The van der Waals surface area contributed by atoms with Gasteiger partial charge in [-0.1, -0.05) is 11.8 Å². The highest BCUT2D eigenvalue weighted by Gasteiger charge is 2.35. The molecule has 2 amide bonds. The molecule has 23 heavy (non-hydrogen) atoms. The van der Waals surface area contributed by atoms with Gasteiger partial charge in [-0.05, 0) is 0 Å². The molecule has 2 aliphatic heterocycles. The van der Waals surface area contributed by atoms with E-state index in [2.05, 4.69) is 19.5 Å². The number of carbonyl (C=O) groups is 2. The quantitative estimate of drug-likeness (QED) is 0.727. The molecule has 3 rings (SSSR count). The summed E-state index contributed by atoms with van der Waals surface area (Å²) in [5.41, 5.74) is 0. The van der Waals surface area contributed by atoms with Crippen LogP contribution in [-0.4, -0.2) is 61.7 Å². The lowest BCUT2D eigenvalue weighted by Crippen LogP contribution is -2.28. The molecule has 10 nitrogen and oxygen atoms in total. The van der Waals surface area contributed by atoms with E-state index in [-0.39, 0.29) is 36.4 Å². The van der Waals surface area contributed by atoms with Crippen molar-refractivity contribution in [1.29, 1.82) is 0 Å². The summed E-state index contributed by atoms with van der Waals surface area (Å²) in [7, 11) is -3.62. The van der Waals surface area contributed by atoms with Crippen molar-refractivity contribution in [2.45, 2.75) is 11.1 Å². The molecule has 0 saturated carbocycles. The normalized spacial score (nSPS) is 20.9. The number of hydrogen-bond donors (Lipinski definition) is 1. The Morgan fingerprint density at radius 2 is 2.30 bits per heavy atom. The highest BCUT2D eigenvalue weighted by Crippen LogP contribution is 2.30. The predicted molar refractivity (Wildman–Crippen MR) is 79.8 cm³/mol. The fourth-order valence-electron chi connectivity index (χ4n) is 1.98. The van der Waals surface area contributed by atoms with Crippen LogP contribution in [0.4, 0.5) is 16.4 Å². The van der Waals surface area contributed by atoms with Gasteiger partial charge >= 0.3 is 6.09 Å². The first-order valence-electron chi connectivity index (χ1n) is 6.44. The van der Waals surface area contributed by atoms with E-state index in [1.807, 2.05) is 0 Å². The number of amides is 2. The Morgan fingerprint density at radius 1 is 1.52 bits per heavy atom. The van der Waals surface area contributed by atoms with Crippen molar-refractivity contribution < 1.29 is 26.9 Å². The van der Waals surface area contributed by atoms with Crippen molar-refractivity contribution in [3.05, 3.63) is 6.20 Å². The van der Waals surface area contributed by atoms with Crippen LogP contribution in [0.25, 0.3) is 0 Å². The van der Waals surface area contributed by atoms with Crippen molar-refractivity contribution in [1.82, 2.24) is 9.97 Å². The van der Waals surface area contributed by atoms with E-state index in [1.165, 1.54) is 22.9 Å². The van der Waals surface area contributed by atoms with Gasteiger partial charge in [-0.25, -0.2) is 14.8 Å². The van der Waals surface area contributed by atoms with Crippen LogP contribution in [0.5, 0.6) is 0 Å². The molecular formula is C11H12N4O6S2. The van der Waals surface area contributed by atoms with Crippen molar-refractivity contribution in [3.8, 4) is 0 Å². The number of aromatic nitrogens is 2. The number of nitrogens with one attached hydrogen (secondary N) is 1. The van der Waals surface area contributed by atoms with Gasteiger partial charge in [0.05, 0.1) is 24.8 Å². The van der Waals surface area contributed by atoms with Crippen LogP contribution in [-0.2, 0) is 23.8 Å². The topological polar surface area (TPSA) is 128 Å². The van der Waals surface area contributed by atoms with E-state index < -0.39 is 22.3 Å². The van der Waals surface area contributed by atoms with Gasteiger partial charge in [0, 0.05) is 0 Å². The van der Waals surface area contributed by atoms with E-state index in [9.17, 15) is 18.0 Å². The van der Waals surface area contributed by atoms with E-state index >= 15 is 0 Å². The molecule has 1 fully saturated rings. The van der Waals surface area contributed by atoms with Crippen LogP contribution in [0.15, 0.2) is 11.2 Å². The summed E-state index contributed by atoms with van der Waals surface area (Å²) in [5, 5.41) is 3.15. The van der Waals surface area contributed by atoms with Gasteiger partial charge in [0.15, 0.2) is 11.6 Å². The number of ether oxygens (including phenoxy) is 1. The Hall–Kier alpha value is -1.92. The third-order valence-corrected chi connectivity index (χ3v) is 4.49. The summed E-state index contributed by atoms with van der Waals surface area (Å²) in [5.74, 6) is 0.556. The minimum Gasteiger partial charge on any atom is -0.441 e. The molecule has 0 bridgehead atoms.